The number of methoxy groups -OCH3 is 1. The van der Waals surface area contributed by atoms with E-state index in [4.69, 9.17) is 16.6 Å². The van der Waals surface area contributed by atoms with Gasteiger partial charge in [-0.25, -0.2) is 4.79 Å². The molecule has 15 heavy (non-hydrogen) atoms. The zero-order valence-corrected chi connectivity index (χ0v) is 9.25. The van der Waals surface area contributed by atoms with Gasteiger partial charge in [0.25, 0.3) is 0 Å². The summed E-state index contributed by atoms with van der Waals surface area (Å²) in [5.41, 5.74) is 2.14. The molecule has 0 saturated carbocycles. The lowest BCUT2D eigenvalue weighted by atomic mass is 10.0. The Bertz CT molecular complexity index is 385. The van der Waals surface area contributed by atoms with Crippen LogP contribution in [-0.2, 0) is 9.03 Å². The fraction of sp³-hybridized carbons (Fsp3) is 0.182. The van der Waals surface area contributed by atoms with E-state index in [0.29, 0.717) is 5.56 Å². The lowest BCUT2D eigenvalue weighted by molar-refractivity contribution is 0.0750. The van der Waals surface area contributed by atoms with Crippen LogP contribution in [0.1, 0.15) is 21.5 Å². The van der Waals surface area contributed by atoms with Crippen LogP contribution in [0.25, 0.3) is 6.08 Å². The van der Waals surface area contributed by atoms with Crippen LogP contribution in [0, 0.1) is 6.92 Å². The van der Waals surface area contributed by atoms with Gasteiger partial charge in [-0.05, 0) is 30.2 Å². The van der Waals surface area contributed by atoms with Crippen molar-refractivity contribution >= 4 is 23.9 Å². The van der Waals surface area contributed by atoms with Crippen LogP contribution in [0.5, 0.6) is 0 Å². The molecule has 0 amide bonds. The zero-order chi connectivity index (χ0) is 11.3. The van der Waals surface area contributed by atoms with E-state index in [0.717, 1.165) is 11.1 Å². The molecule has 0 unspecified atom stereocenters. The summed E-state index contributed by atoms with van der Waals surface area (Å²) in [6.07, 6.45) is 3.30. The highest BCUT2D eigenvalue weighted by atomic mass is 35.5. The van der Waals surface area contributed by atoms with Gasteiger partial charge in [-0.15, -0.1) is 0 Å². The number of hydrogen-bond acceptors (Lipinski definition) is 3. The third-order valence-corrected chi connectivity index (χ3v) is 2.19. The molecule has 80 valence electrons. The second-order valence-corrected chi connectivity index (χ2v) is 3.08. The lowest BCUT2D eigenvalue weighted by Gasteiger charge is -2.05. The first-order valence-corrected chi connectivity index (χ1v) is 4.63. The molecule has 0 saturated heterocycles. The van der Waals surface area contributed by atoms with Crippen molar-refractivity contribution < 1.29 is 13.8 Å². The first-order valence-electron chi connectivity index (χ1n) is 4.32. The summed E-state index contributed by atoms with van der Waals surface area (Å²) in [7, 11) is 1.56. The average molecular weight is 227 g/mol. The monoisotopic (exact) mass is 226 g/mol. The predicted octanol–water partition coefficient (Wildman–Crippen LogP) is 2.92. The van der Waals surface area contributed by atoms with Crippen LogP contribution in [0.15, 0.2) is 24.5 Å². The highest BCUT2D eigenvalue weighted by Crippen LogP contribution is 2.16. The highest BCUT2D eigenvalue weighted by Gasteiger charge is 2.11. The Kier molecular flexibility index (Phi) is 4.18. The predicted molar refractivity (Wildman–Crippen MR) is 58.5 cm³/mol. The van der Waals surface area contributed by atoms with Gasteiger partial charge in [0.2, 0.25) is 0 Å². The zero-order valence-electron chi connectivity index (χ0n) is 8.49. The third kappa shape index (κ3) is 2.73. The minimum Gasteiger partial charge on any atom is -0.504 e. The van der Waals surface area contributed by atoms with Crippen molar-refractivity contribution in [3.63, 3.8) is 0 Å². The molecule has 0 heterocycles. The van der Waals surface area contributed by atoms with E-state index in [1.54, 1.807) is 25.3 Å². The molecule has 0 radical (unpaired) electrons. The van der Waals surface area contributed by atoms with Gasteiger partial charge >= 0.3 is 5.97 Å². The number of ether oxygens (including phenoxy) is 1. The van der Waals surface area contributed by atoms with Crippen LogP contribution in [0.4, 0.5) is 0 Å². The Labute approximate surface area is 93.4 Å². The van der Waals surface area contributed by atoms with Crippen molar-refractivity contribution in [3.05, 3.63) is 41.2 Å². The summed E-state index contributed by atoms with van der Waals surface area (Å²) in [5.74, 6) is -0.554. The van der Waals surface area contributed by atoms with Crippen LogP contribution in [0.3, 0.4) is 0 Å². The molecule has 0 aliphatic rings. The van der Waals surface area contributed by atoms with Crippen molar-refractivity contribution in [1.82, 2.24) is 0 Å². The molecule has 0 aliphatic heterocycles. The number of benzene rings is 1. The Morgan fingerprint density at radius 3 is 2.80 bits per heavy atom. The first-order chi connectivity index (χ1) is 7.20. The number of carbonyl (C=O) groups is 1. The summed E-state index contributed by atoms with van der Waals surface area (Å²) in [4.78, 5) is 11.3. The maximum absolute atomic E-state index is 11.3. The number of hydrogen-bond donors (Lipinski definition) is 0. The topological polar surface area (TPSA) is 35.5 Å². The van der Waals surface area contributed by atoms with Crippen LogP contribution >= 0.6 is 11.9 Å². The summed E-state index contributed by atoms with van der Waals surface area (Å²) in [5, 5.41) is 0. The van der Waals surface area contributed by atoms with Gasteiger partial charge in [-0.2, -0.15) is 0 Å². The van der Waals surface area contributed by atoms with E-state index in [1.165, 1.54) is 6.26 Å². The summed E-state index contributed by atoms with van der Waals surface area (Å²) < 4.78 is 8.96. The third-order valence-electron chi connectivity index (χ3n) is 2.05. The molecule has 4 heteroatoms. The lowest BCUT2D eigenvalue weighted by Crippen LogP contribution is -2.02. The van der Waals surface area contributed by atoms with Crippen molar-refractivity contribution in [2.24, 2.45) is 0 Å². The van der Waals surface area contributed by atoms with Gasteiger partial charge in [0, 0.05) is 0 Å². The van der Waals surface area contributed by atoms with Crippen molar-refractivity contribution in [1.29, 1.82) is 0 Å². The van der Waals surface area contributed by atoms with Crippen molar-refractivity contribution in [2.75, 3.05) is 7.11 Å². The first kappa shape index (κ1) is 11.6. The van der Waals surface area contributed by atoms with Gasteiger partial charge in [0.05, 0.1) is 18.9 Å². The molecule has 1 aromatic rings. The van der Waals surface area contributed by atoms with Gasteiger partial charge < -0.3 is 9.03 Å². The number of carbonyl (C=O) groups excluding carboxylic acids is 1. The molecule has 1 aromatic carbocycles. The fourth-order valence-corrected chi connectivity index (χ4v) is 1.32. The largest absolute Gasteiger partial charge is 0.504 e. The second kappa shape index (κ2) is 5.41. The Balaban J connectivity index is 3.11. The molecular weight excluding hydrogens is 216 g/mol. The second-order valence-electron chi connectivity index (χ2n) is 2.92. The molecule has 0 spiro atoms. The number of rotatable bonds is 3. The fourth-order valence-electron chi connectivity index (χ4n) is 1.24. The van der Waals surface area contributed by atoms with E-state index in [1.807, 2.05) is 13.0 Å². The number of halogens is 1. The van der Waals surface area contributed by atoms with Gasteiger partial charge in [0.1, 0.15) is 11.9 Å². The molecule has 0 aromatic heterocycles. The quantitative estimate of drug-likeness (QED) is 0.744. The van der Waals surface area contributed by atoms with E-state index in [2.05, 4.69) is 4.29 Å². The summed E-state index contributed by atoms with van der Waals surface area (Å²) in [6.45, 7) is 1.82. The maximum atomic E-state index is 11.3. The standard InChI is InChI=1S/C11H11ClO3/c1-8-9(6-7-14-2)4-3-5-10(8)11(13)15-12/h3-7H,1-2H3. The van der Waals surface area contributed by atoms with E-state index >= 15 is 0 Å². The minimum absolute atomic E-state index is 0.447. The van der Waals surface area contributed by atoms with Gasteiger partial charge in [0.15, 0.2) is 0 Å². The molecule has 0 N–H and O–H groups in total. The highest BCUT2D eigenvalue weighted by molar-refractivity contribution is 6.16. The molecule has 1 rings (SSSR count). The van der Waals surface area contributed by atoms with Gasteiger partial charge in [-0.3, -0.25) is 0 Å². The Morgan fingerprint density at radius 1 is 1.47 bits per heavy atom. The van der Waals surface area contributed by atoms with E-state index in [9.17, 15) is 4.79 Å². The molecule has 0 atom stereocenters. The summed E-state index contributed by atoms with van der Waals surface area (Å²) >= 11 is 5.02. The Hall–Kier alpha value is -1.48. The molecule has 0 aliphatic carbocycles. The maximum Gasteiger partial charge on any atom is 0.356 e. The van der Waals surface area contributed by atoms with Gasteiger partial charge in [-0.1, -0.05) is 12.1 Å². The van der Waals surface area contributed by atoms with E-state index in [-0.39, 0.29) is 0 Å². The Morgan fingerprint density at radius 2 is 2.20 bits per heavy atom. The normalized spacial score (nSPS) is 10.3. The van der Waals surface area contributed by atoms with Crippen LogP contribution in [-0.4, -0.2) is 13.1 Å². The van der Waals surface area contributed by atoms with Crippen molar-refractivity contribution in [2.45, 2.75) is 6.92 Å². The van der Waals surface area contributed by atoms with Crippen LogP contribution < -0.4 is 0 Å². The smallest absolute Gasteiger partial charge is 0.356 e. The van der Waals surface area contributed by atoms with Crippen molar-refractivity contribution in [3.8, 4) is 0 Å². The molecule has 0 bridgehead atoms. The molecular formula is C11H11ClO3. The minimum atomic E-state index is -0.554. The molecule has 3 nitrogen and oxygen atoms in total. The van der Waals surface area contributed by atoms with Crippen LogP contribution in [0.2, 0.25) is 0 Å². The SMILES string of the molecule is COC=Cc1cccc(C(=O)OCl)c1C. The molecule has 0 fully saturated rings. The summed E-state index contributed by atoms with van der Waals surface area (Å²) in [6, 6.07) is 5.28. The van der Waals surface area contributed by atoms with E-state index < -0.39 is 5.97 Å². The average Bonchev–Trinajstić information content (AvgIpc) is 2.27.